The molecule has 1 N–H and O–H groups in total. The first-order chi connectivity index (χ1) is 7.47. The minimum atomic E-state index is -4.33. The highest BCUT2D eigenvalue weighted by Gasteiger charge is 2.30. The molecule has 0 aliphatic carbocycles. The lowest BCUT2D eigenvalue weighted by Gasteiger charge is -2.06. The van der Waals surface area contributed by atoms with Crippen LogP contribution in [0.15, 0.2) is 41.8 Å². The molecule has 1 heterocycles. The number of ether oxygens (including phenoxy) is 1. The summed E-state index contributed by atoms with van der Waals surface area (Å²) < 4.78 is 41.8. The summed E-state index contributed by atoms with van der Waals surface area (Å²) in [4.78, 5) is 0. The van der Waals surface area contributed by atoms with Crippen molar-refractivity contribution < 1.29 is 17.9 Å². The van der Waals surface area contributed by atoms with Crippen molar-refractivity contribution in [3.05, 3.63) is 47.9 Å². The number of nitrogens with zero attached hydrogens (tertiary/aromatic N) is 1. The van der Waals surface area contributed by atoms with E-state index in [0.29, 0.717) is 5.56 Å². The van der Waals surface area contributed by atoms with E-state index < -0.39 is 11.7 Å². The molecule has 0 amide bonds. The predicted molar refractivity (Wildman–Crippen MR) is 51.3 cm³/mol. The average molecular weight is 228 g/mol. The SMILES string of the molecule is C=C1NN=C(c2ccc(C(F)(F)F)cc2)O1. The highest BCUT2D eigenvalue weighted by molar-refractivity contribution is 5.95. The lowest BCUT2D eigenvalue weighted by Crippen LogP contribution is -2.06. The van der Waals surface area contributed by atoms with Gasteiger partial charge in [0, 0.05) is 5.56 Å². The average Bonchev–Trinajstić information content (AvgIpc) is 2.64. The summed E-state index contributed by atoms with van der Waals surface area (Å²) in [6.45, 7) is 3.46. The number of halogens is 3. The zero-order chi connectivity index (χ0) is 11.8. The molecule has 1 aromatic carbocycles. The van der Waals surface area contributed by atoms with Crippen LogP contribution in [0.5, 0.6) is 0 Å². The van der Waals surface area contributed by atoms with Crippen LogP contribution in [0.4, 0.5) is 13.2 Å². The second-order valence-corrected chi connectivity index (χ2v) is 3.13. The highest BCUT2D eigenvalue weighted by Crippen LogP contribution is 2.29. The van der Waals surface area contributed by atoms with E-state index in [1.807, 2.05) is 0 Å². The zero-order valence-corrected chi connectivity index (χ0v) is 8.01. The number of benzene rings is 1. The van der Waals surface area contributed by atoms with Crippen molar-refractivity contribution in [2.24, 2.45) is 5.10 Å². The Balaban J connectivity index is 2.23. The maximum absolute atomic E-state index is 12.3. The standard InChI is InChI=1S/C10H7F3N2O/c1-6-14-15-9(16-6)7-2-4-8(5-3-7)10(11,12)13/h2-5,14H,1H2. The zero-order valence-electron chi connectivity index (χ0n) is 8.01. The van der Waals surface area contributed by atoms with Gasteiger partial charge in [-0.2, -0.15) is 13.2 Å². The molecule has 0 aromatic heterocycles. The Morgan fingerprint density at radius 2 is 1.81 bits per heavy atom. The van der Waals surface area contributed by atoms with E-state index in [4.69, 9.17) is 4.74 Å². The Morgan fingerprint density at radius 3 is 2.25 bits per heavy atom. The van der Waals surface area contributed by atoms with Crippen LogP contribution < -0.4 is 5.43 Å². The molecule has 0 saturated heterocycles. The summed E-state index contributed by atoms with van der Waals surface area (Å²) in [5, 5.41) is 3.74. The second kappa shape index (κ2) is 3.55. The van der Waals surface area contributed by atoms with Crippen molar-refractivity contribution >= 4 is 5.90 Å². The number of nitrogens with one attached hydrogen (secondary N) is 1. The van der Waals surface area contributed by atoms with Crippen molar-refractivity contribution in [3.63, 3.8) is 0 Å². The number of alkyl halides is 3. The largest absolute Gasteiger partial charge is 0.420 e. The van der Waals surface area contributed by atoms with E-state index in [1.54, 1.807) is 0 Å². The van der Waals surface area contributed by atoms with Crippen molar-refractivity contribution in [3.8, 4) is 0 Å². The van der Waals surface area contributed by atoms with Gasteiger partial charge in [0.05, 0.1) is 5.56 Å². The van der Waals surface area contributed by atoms with Crippen LogP contribution in [0, 0.1) is 0 Å². The Kier molecular flexibility index (Phi) is 2.34. The third-order valence-corrected chi connectivity index (χ3v) is 1.96. The number of hydrogen-bond donors (Lipinski definition) is 1. The normalized spacial score (nSPS) is 15.4. The van der Waals surface area contributed by atoms with Gasteiger partial charge in [0.15, 0.2) is 0 Å². The molecule has 1 aliphatic heterocycles. The van der Waals surface area contributed by atoms with Gasteiger partial charge >= 0.3 is 6.18 Å². The van der Waals surface area contributed by atoms with Gasteiger partial charge in [-0.05, 0) is 30.8 Å². The summed E-state index contributed by atoms with van der Waals surface area (Å²) in [7, 11) is 0. The van der Waals surface area contributed by atoms with Gasteiger partial charge in [0.25, 0.3) is 0 Å². The van der Waals surface area contributed by atoms with Crippen LogP contribution in [0.2, 0.25) is 0 Å². The van der Waals surface area contributed by atoms with Crippen LogP contribution in [0.1, 0.15) is 11.1 Å². The predicted octanol–water partition coefficient (Wildman–Crippen LogP) is 2.46. The summed E-state index contributed by atoms with van der Waals surface area (Å²) >= 11 is 0. The summed E-state index contributed by atoms with van der Waals surface area (Å²) in [6.07, 6.45) is -4.33. The maximum atomic E-state index is 12.3. The van der Waals surface area contributed by atoms with E-state index >= 15 is 0 Å². The van der Waals surface area contributed by atoms with Crippen LogP contribution in [-0.2, 0) is 10.9 Å². The molecule has 84 valence electrons. The van der Waals surface area contributed by atoms with Crippen LogP contribution in [-0.4, -0.2) is 5.90 Å². The fourth-order valence-electron chi connectivity index (χ4n) is 1.20. The molecule has 0 radical (unpaired) electrons. The smallest absolute Gasteiger partial charge is 0.416 e. The molecule has 0 unspecified atom stereocenters. The minimum Gasteiger partial charge on any atom is -0.420 e. The van der Waals surface area contributed by atoms with Crippen LogP contribution in [0.25, 0.3) is 0 Å². The lowest BCUT2D eigenvalue weighted by molar-refractivity contribution is -0.137. The monoisotopic (exact) mass is 228 g/mol. The molecular formula is C10H7F3N2O. The molecule has 2 rings (SSSR count). The van der Waals surface area contributed by atoms with Crippen molar-refractivity contribution in [1.29, 1.82) is 0 Å². The quantitative estimate of drug-likeness (QED) is 0.801. The van der Waals surface area contributed by atoms with Crippen molar-refractivity contribution in [1.82, 2.24) is 5.43 Å². The van der Waals surface area contributed by atoms with Gasteiger partial charge in [-0.15, -0.1) is 5.10 Å². The first-order valence-corrected chi connectivity index (χ1v) is 4.35. The molecule has 1 aliphatic rings. The van der Waals surface area contributed by atoms with Crippen molar-refractivity contribution in [2.45, 2.75) is 6.18 Å². The minimum absolute atomic E-state index is 0.207. The molecule has 1 aromatic rings. The molecule has 6 heteroatoms. The van der Waals surface area contributed by atoms with Gasteiger partial charge in [-0.1, -0.05) is 0 Å². The molecule has 0 atom stereocenters. The Bertz CT molecular complexity index is 448. The van der Waals surface area contributed by atoms with Gasteiger partial charge in [-0.3, -0.25) is 0 Å². The van der Waals surface area contributed by atoms with Gasteiger partial charge in [0.1, 0.15) is 0 Å². The Hall–Kier alpha value is -1.98. The van der Waals surface area contributed by atoms with Crippen molar-refractivity contribution in [2.75, 3.05) is 0 Å². The first-order valence-electron chi connectivity index (χ1n) is 4.35. The summed E-state index contributed by atoms with van der Waals surface area (Å²) in [5.74, 6) is 0.452. The molecule has 0 saturated carbocycles. The third kappa shape index (κ3) is 2.00. The highest BCUT2D eigenvalue weighted by atomic mass is 19.4. The van der Waals surface area contributed by atoms with E-state index in [0.717, 1.165) is 12.1 Å². The van der Waals surface area contributed by atoms with E-state index in [2.05, 4.69) is 17.1 Å². The second-order valence-electron chi connectivity index (χ2n) is 3.13. The van der Waals surface area contributed by atoms with Crippen LogP contribution in [0.3, 0.4) is 0 Å². The molecular weight excluding hydrogens is 221 g/mol. The van der Waals surface area contributed by atoms with Gasteiger partial charge < -0.3 is 4.74 Å². The Morgan fingerprint density at radius 1 is 1.19 bits per heavy atom. The third-order valence-electron chi connectivity index (χ3n) is 1.96. The van der Waals surface area contributed by atoms with Crippen LogP contribution >= 0.6 is 0 Å². The molecule has 0 spiro atoms. The topological polar surface area (TPSA) is 33.6 Å². The van der Waals surface area contributed by atoms with E-state index in [1.165, 1.54) is 12.1 Å². The summed E-state index contributed by atoms with van der Waals surface area (Å²) in [5.41, 5.74) is 2.21. The fraction of sp³-hybridized carbons (Fsp3) is 0.100. The van der Waals surface area contributed by atoms with E-state index in [9.17, 15) is 13.2 Å². The Labute approximate surface area is 89.2 Å². The lowest BCUT2D eigenvalue weighted by atomic mass is 10.1. The van der Waals surface area contributed by atoms with E-state index in [-0.39, 0.29) is 11.8 Å². The number of hydrazone groups is 1. The molecule has 16 heavy (non-hydrogen) atoms. The molecule has 0 bridgehead atoms. The first kappa shape index (κ1) is 10.5. The fourth-order valence-corrected chi connectivity index (χ4v) is 1.20. The number of rotatable bonds is 1. The maximum Gasteiger partial charge on any atom is 0.416 e. The summed E-state index contributed by atoms with van der Waals surface area (Å²) in [6, 6.07) is 4.54. The molecule has 3 nitrogen and oxygen atoms in total. The molecule has 0 fully saturated rings. The van der Waals surface area contributed by atoms with Gasteiger partial charge in [0.2, 0.25) is 11.8 Å². The van der Waals surface area contributed by atoms with Gasteiger partial charge in [-0.25, -0.2) is 5.43 Å². The number of hydrogen-bond acceptors (Lipinski definition) is 3.